The molecule has 2 heterocycles. The molecule has 0 amide bonds. The Morgan fingerprint density at radius 1 is 0.329 bits per heavy atom. The van der Waals surface area contributed by atoms with Crippen molar-refractivity contribution in [3.8, 4) is 73.1 Å². The lowest BCUT2D eigenvalue weighted by Gasteiger charge is -2.20. The first-order chi connectivity index (χ1) is 36.5. The van der Waals surface area contributed by atoms with E-state index in [0.29, 0.717) is 22.1 Å². The van der Waals surface area contributed by atoms with Crippen LogP contribution < -0.4 is 0 Å². The van der Waals surface area contributed by atoms with Crippen LogP contribution in [0.4, 0.5) is 26.3 Å². The molecule has 9 heteroatoms. The Morgan fingerprint density at radius 3 is 0.868 bits per heavy atom. The smallest absolute Gasteiger partial charge is 0.308 e. The van der Waals surface area contributed by atoms with Crippen LogP contribution in [-0.4, -0.2) is 9.13 Å². The molecule has 12 rings (SSSR count). The maximum Gasteiger partial charge on any atom is 0.416 e. The van der Waals surface area contributed by atoms with E-state index in [9.17, 15) is 31.6 Å². The lowest BCUT2D eigenvalue weighted by atomic mass is 9.96. The van der Waals surface area contributed by atoms with Gasteiger partial charge in [0.1, 0.15) is 11.6 Å². The van der Waals surface area contributed by atoms with Crippen LogP contribution in [0.3, 0.4) is 0 Å². The van der Waals surface area contributed by atoms with Gasteiger partial charge in [0.05, 0.1) is 44.6 Å². The molecular formula is C67H45F6N3. The summed E-state index contributed by atoms with van der Waals surface area (Å²) in [6, 6.07) is 63.9. The minimum atomic E-state index is -5.12. The quantitative estimate of drug-likeness (QED) is 0.147. The fourth-order valence-corrected chi connectivity index (χ4v) is 11.2. The number of benzene rings is 10. The molecule has 3 nitrogen and oxygen atoms in total. The summed E-state index contributed by atoms with van der Waals surface area (Å²) in [5.41, 5.74) is 11.8. The summed E-state index contributed by atoms with van der Waals surface area (Å²) < 4.78 is 93.2. The van der Waals surface area contributed by atoms with Crippen LogP contribution in [0.15, 0.2) is 200 Å². The third-order valence-electron chi connectivity index (χ3n) is 15.0. The molecule has 0 fully saturated rings. The van der Waals surface area contributed by atoms with E-state index < -0.39 is 23.5 Å². The number of halogens is 6. The first kappa shape index (κ1) is 47.8. The Labute approximate surface area is 434 Å². The first-order valence-electron chi connectivity index (χ1n) is 24.8. The van der Waals surface area contributed by atoms with Crippen LogP contribution in [0, 0.1) is 39.0 Å². The second kappa shape index (κ2) is 18.1. The molecule has 2 aromatic heterocycles. The summed E-state index contributed by atoms with van der Waals surface area (Å²) in [6.45, 7) is 8.10. The molecule has 0 aliphatic rings. The topological polar surface area (TPSA) is 33.6 Å². The molecule has 0 bridgehead atoms. The number of nitrogens with zero attached hydrogens (tertiary/aromatic N) is 3. The van der Waals surface area contributed by atoms with Crippen molar-refractivity contribution in [1.82, 2.24) is 9.13 Å². The molecule has 0 radical (unpaired) electrons. The minimum absolute atomic E-state index is 0.0424. The standard InChI is InChI=1S/C67H45F6N3/c1-39-13-5-9-17-51(39)43-21-25-55-56-26-22-44(52-18-10-6-14-40(52)2)32-61(56)75(60(55)31-43)64-35-48(47-29-49(66(68,69)70)37-50(30-47)67(71,72)73)36-65(59(64)38-74)76-62-33-45(53-19-11-7-15-41(53)3)23-27-57(62)58-28-24-46(34-63(58)76)54-20-12-8-16-42(54)4/h5-37H,1-4H3. The zero-order chi connectivity index (χ0) is 52.8. The summed E-state index contributed by atoms with van der Waals surface area (Å²) in [5, 5.41) is 15.3. The number of fused-ring (bicyclic) bond motifs is 6. The van der Waals surface area contributed by atoms with Gasteiger partial charge in [-0.15, -0.1) is 0 Å². The van der Waals surface area contributed by atoms with Gasteiger partial charge in [0.15, 0.2) is 0 Å². The second-order valence-corrected chi connectivity index (χ2v) is 19.7. The average molecular weight is 1010 g/mol. The van der Waals surface area contributed by atoms with Crippen LogP contribution in [0.1, 0.15) is 38.9 Å². The van der Waals surface area contributed by atoms with E-state index in [1.807, 2.05) is 207 Å². The summed E-state index contributed by atoms with van der Waals surface area (Å²) in [4.78, 5) is 0. The fourth-order valence-electron chi connectivity index (χ4n) is 11.2. The van der Waals surface area contributed by atoms with Crippen LogP contribution in [0.5, 0.6) is 0 Å². The minimum Gasteiger partial charge on any atom is -0.308 e. The Balaban J connectivity index is 1.27. The van der Waals surface area contributed by atoms with Crippen molar-refractivity contribution < 1.29 is 26.3 Å². The van der Waals surface area contributed by atoms with Crippen LogP contribution in [0.25, 0.3) is 111 Å². The van der Waals surface area contributed by atoms with Gasteiger partial charge < -0.3 is 9.13 Å². The summed E-state index contributed by atoms with van der Waals surface area (Å²) in [7, 11) is 0. The Kier molecular flexibility index (Phi) is 11.4. The maximum absolute atomic E-state index is 14.9. The zero-order valence-electron chi connectivity index (χ0n) is 41.7. The molecule has 0 saturated heterocycles. The van der Waals surface area contributed by atoms with Gasteiger partial charge >= 0.3 is 12.4 Å². The molecule has 10 aromatic carbocycles. The van der Waals surface area contributed by atoms with E-state index >= 15 is 0 Å². The number of hydrogen-bond acceptors (Lipinski definition) is 1. The van der Waals surface area contributed by atoms with Gasteiger partial charge in [-0.25, -0.2) is 0 Å². The van der Waals surface area contributed by atoms with E-state index in [0.717, 1.165) is 100 Å². The highest BCUT2D eigenvalue weighted by Gasteiger charge is 2.37. The number of alkyl halides is 6. The first-order valence-corrected chi connectivity index (χ1v) is 24.8. The lowest BCUT2D eigenvalue weighted by Crippen LogP contribution is -2.11. The third kappa shape index (κ3) is 8.09. The van der Waals surface area contributed by atoms with E-state index in [1.54, 1.807) is 12.1 Å². The maximum atomic E-state index is 14.9. The average Bonchev–Trinajstić information content (AvgIpc) is 4.09. The van der Waals surface area contributed by atoms with Gasteiger partial charge in [-0.2, -0.15) is 31.6 Å². The molecule has 0 N–H and O–H groups in total. The zero-order valence-corrected chi connectivity index (χ0v) is 41.7. The number of rotatable bonds is 7. The van der Waals surface area contributed by atoms with Gasteiger partial charge in [0.2, 0.25) is 0 Å². The normalized spacial score (nSPS) is 12.1. The molecule has 0 spiro atoms. The van der Waals surface area contributed by atoms with Gasteiger partial charge in [-0.1, -0.05) is 146 Å². The Morgan fingerprint density at radius 2 is 0.605 bits per heavy atom. The molecule has 0 unspecified atom stereocenters. The van der Waals surface area contributed by atoms with Crippen molar-refractivity contribution in [2.75, 3.05) is 0 Å². The highest BCUT2D eigenvalue weighted by atomic mass is 19.4. The third-order valence-corrected chi connectivity index (χ3v) is 15.0. The molecule has 0 aliphatic heterocycles. The molecule has 370 valence electrons. The van der Waals surface area contributed by atoms with E-state index in [2.05, 4.69) is 6.07 Å². The predicted octanol–water partition coefficient (Wildman–Crippen LogP) is 19.4. The van der Waals surface area contributed by atoms with Crippen molar-refractivity contribution in [2.24, 2.45) is 0 Å². The van der Waals surface area contributed by atoms with E-state index in [-0.39, 0.29) is 34.1 Å². The number of hydrogen-bond donors (Lipinski definition) is 0. The highest BCUT2D eigenvalue weighted by molar-refractivity contribution is 6.13. The largest absolute Gasteiger partial charge is 0.416 e. The van der Waals surface area contributed by atoms with Crippen molar-refractivity contribution in [3.63, 3.8) is 0 Å². The molecule has 76 heavy (non-hydrogen) atoms. The van der Waals surface area contributed by atoms with Gasteiger partial charge in [0.25, 0.3) is 0 Å². The number of aromatic nitrogens is 2. The monoisotopic (exact) mass is 1010 g/mol. The van der Waals surface area contributed by atoms with Crippen molar-refractivity contribution in [1.29, 1.82) is 5.26 Å². The molecule has 12 aromatic rings. The second-order valence-electron chi connectivity index (χ2n) is 19.7. The van der Waals surface area contributed by atoms with Gasteiger partial charge in [-0.3, -0.25) is 0 Å². The predicted molar refractivity (Wildman–Crippen MR) is 296 cm³/mol. The van der Waals surface area contributed by atoms with Gasteiger partial charge in [-0.05, 0) is 160 Å². The van der Waals surface area contributed by atoms with E-state index in [4.69, 9.17) is 0 Å². The van der Waals surface area contributed by atoms with Crippen molar-refractivity contribution in [3.05, 3.63) is 239 Å². The molecule has 0 aliphatic carbocycles. The van der Waals surface area contributed by atoms with Gasteiger partial charge in [0, 0.05) is 21.5 Å². The SMILES string of the molecule is Cc1ccccc1-c1ccc2c3ccc(-c4ccccc4C)cc3n(-c3cc(-c4cc(C(F)(F)F)cc(C(F)(F)F)c4)cc(-n4c5cc(-c6ccccc6C)ccc5c5ccc(-c6ccccc6C)cc54)c3C#N)c2c1. The van der Waals surface area contributed by atoms with Crippen molar-refractivity contribution >= 4 is 43.6 Å². The Hall–Kier alpha value is -9.13. The summed E-state index contributed by atoms with van der Waals surface area (Å²) in [5.74, 6) is 0. The summed E-state index contributed by atoms with van der Waals surface area (Å²) >= 11 is 0. The van der Waals surface area contributed by atoms with Crippen LogP contribution in [-0.2, 0) is 12.4 Å². The van der Waals surface area contributed by atoms with Crippen molar-refractivity contribution in [2.45, 2.75) is 40.0 Å². The summed E-state index contributed by atoms with van der Waals surface area (Å²) in [6.07, 6.45) is -10.2. The van der Waals surface area contributed by atoms with E-state index in [1.165, 1.54) is 0 Å². The lowest BCUT2D eigenvalue weighted by molar-refractivity contribution is -0.143. The molecule has 0 saturated carbocycles. The number of aryl methyl sites for hydroxylation is 4. The molecule has 0 atom stereocenters. The fraction of sp³-hybridized carbons (Fsp3) is 0.0896. The Bertz CT molecular complexity index is 3920. The number of nitriles is 1. The highest BCUT2D eigenvalue weighted by Crippen LogP contribution is 2.46. The van der Waals surface area contributed by atoms with Crippen LogP contribution in [0.2, 0.25) is 0 Å². The van der Waals surface area contributed by atoms with Crippen LogP contribution >= 0.6 is 0 Å². The molecular weight excluding hydrogens is 961 g/mol.